The Morgan fingerprint density at radius 1 is 0.933 bits per heavy atom. The van der Waals surface area contributed by atoms with Gasteiger partial charge in [-0.1, -0.05) is 41.5 Å². The van der Waals surface area contributed by atoms with Gasteiger partial charge in [-0.2, -0.15) is 8.42 Å². The Bertz CT molecular complexity index is 2400. The van der Waals surface area contributed by atoms with Crippen LogP contribution in [0.5, 0.6) is 0 Å². The second kappa shape index (κ2) is 16.3. The summed E-state index contributed by atoms with van der Waals surface area (Å²) in [4.78, 5) is 46.9. The highest BCUT2D eigenvalue weighted by atomic mass is 32.2. The molecule has 1 spiro atoms. The van der Waals surface area contributed by atoms with Gasteiger partial charge in [-0.3, -0.25) is 18.7 Å². The van der Waals surface area contributed by atoms with Crippen molar-refractivity contribution in [3.05, 3.63) is 85.8 Å². The topological polar surface area (TPSA) is 204 Å². The van der Waals surface area contributed by atoms with E-state index in [4.69, 9.17) is 29.2 Å². The summed E-state index contributed by atoms with van der Waals surface area (Å²) >= 11 is 0. The molecule has 0 aliphatic carbocycles. The minimum atomic E-state index is -4.19. The average Bonchev–Trinajstić information content (AvgIpc) is 3.54. The highest BCUT2D eigenvalue weighted by molar-refractivity contribution is 7.90. The Balaban J connectivity index is 0.000000283. The Labute approximate surface area is 355 Å². The van der Waals surface area contributed by atoms with E-state index in [0.717, 1.165) is 21.3 Å². The number of hydrogen-bond donors (Lipinski definition) is 2. The van der Waals surface area contributed by atoms with Gasteiger partial charge in [0.1, 0.15) is 18.0 Å². The van der Waals surface area contributed by atoms with Gasteiger partial charge >= 0.3 is 5.69 Å². The van der Waals surface area contributed by atoms with Crippen LogP contribution >= 0.6 is 0 Å². The lowest BCUT2D eigenvalue weighted by atomic mass is 9.89. The fourth-order valence-corrected chi connectivity index (χ4v) is 10.5. The van der Waals surface area contributed by atoms with Crippen molar-refractivity contribution < 1.29 is 31.0 Å². The second-order valence-corrected chi connectivity index (χ2v) is 29.6. The number of hydrogen-bond acceptors (Lipinski definition) is 13. The number of nitrogen functional groups attached to an aromatic ring is 1. The molecule has 330 valence electrons. The van der Waals surface area contributed by atoms with Crippen molar-refractivity contribution in [3.63, 3.8) is 0 Å². The maximum Gasteiger partial charge on any atom is 0.333 e. The molecule has 4 atom stereocenters. The summed E-state index contributed by atoms with van der Waals surface area (Å²) in [5.41, 5.74) is 12.9. The zero-order chi connectivity index (χ0) is 45.1. The molecule has 0 radical (unpaired) electrons. The number of benzene rings is 1. The van der Waals surface area contributed by atoms with Crippen molar-refractivity contribution >= 4 is 55.5 Å². The largest absolute Gasteiger partial charge is 0.414 e. The number of carbonyl (C=O) groups excluding carboxylic acids is 1. The number of nitrogens with zero attached hydrogens (tertiary/aromatic N) is 5. The summed E-state index contributed by atoms with van der Waals surface area (Å²) in [7, 11) is -7.40. The van der Waals surface area contributed by atoms with Crippen LogP contribution in [0.25, 0.3) is 0 Å². The molecular formula is C41H63N7O9SSi2. The first kappa shape index (κ1) is 46.9. The lowest BCUT2D eigenvalue weighted by Gasteiger charge is -2.43. The van der Waals surface area contributed by atoms with E-state index in [0.29, 0.717) is 29.2 Å². The van der Waals surface area contributed by atoms with Gasteiger partial charge in [0.15, 0.2) is 28.5 Å². The predicted molar refractivity (Wildman–Crippen MR) is 240 cm³/mol. The summed E-state index contributed by atoms with van der Waals surface area (Å²) in [6.07, 6.45) is -0.171. The smallest absolute Gasteiger partial charge is 0.333 e. The van der Waals surface area contributed by atoms with Gasteiger partial charge in [-0.05, 0) is 87.4 Å². The van der Waals surface area contributed by atoms with Crippen LogP contribution in [0.3, 0.4) is 0 Å². The van der Waals surface area contributed by atoms with Gasteiger partial charge in [0.25, 0.3) is 21.6 Å². The van der Waals surface area contributed by atoms with Gasteiger partial charge in [-0.25, -0.2) is 14.0 Å². The van der Waals surface area contributed by atoms with E-state index in [9.17, 15) is 22.8 Å². The molecule has 0 saturated carbocycles. The van der Waals surface area contributed by atoms with Gasteiger partial charge < -0.3 is 34.9 Å². The predicted octanol–water partition coefficient (Wildman–Crippen LogP) is 5.96. The number of aryl methyl sites for hydroxylation is 1. The SMILES string of the molecule is CCN1c2cc(N)ccc2N(C)C(=O)c2cccnc21.CCn1c(=O)c(C)cn([C@@H]2O[C@H](CO[Si](C)(C)C(C)(C)C)C3(OS(=O)(=O)C=C3N)[C@H]2O[Si](C)(C)C(C)(C)C)c1=O. The molecule has 3 aliphatic heterocycles. The minimum Gasteiger partial charge on any atom is -0.414 e. The van der Waals surface area contributed by atoms with Gasteiger partial charge in [0.2, 0.25) is 0 Å². The van der Waals surface area contributed by atoms with E-state index in [-0.39, 0.29) is 34.8 Å². The van der Waals surface area contributed by atoms with E-state index >= 15 is 0 Å². The van der Waals surface area contributed by atoms with Gasteiger partial charge in [0.05, 0.1) is 34.7 Å². The molecule has 2 aromatic heterocycles. The van der Waals surface area contributed by atoms with E-state index in [2.05, 4.69) is 38.8 Å². The highest BCUT2D eigenvalue weighted by Gasteiger charge is 2.67. The first-order valence-corrected chi connectivity index (χ1v) is 27.5. The third-order valence-corrected chi connectivity index (χ3v) is 22.6. The van der Waals surface area contributed by atoms with Crippen molar-refractivity contribution in [2.45, 2.75) is 129 Å². The van der Waals surface area contributed by atoms with E-state index in [1.807, 2.05) is 57.8 Å². The maximum atomic E-state index is 13.6. The van der Waals surface area contributed by atoms with Crippen LogP contribution in [0.1, 0.15) is 77.5 Å². The number of pyridine rings is 1. The zero-order valence-corrected chi connectivity index (χ0v) is 40.3. The molecular weight excluding hydrogens is 823 g/mol. The third kappa shape index (κ3) is 8.41. The van der Waals surface area contributed by atoms with E-state index in [1.165, 1.54) is 10.8 Å². The Hall–Kier alpha value is -4.12. The lowest BCUT2D eigenvalue weighted by Crippen LogP contribution is -2.59. The molecule has 1 unspecified atom stereocenters. The molecule has 1 amide bonds. The highest BCUT2D eigenvalue weighted by Crippen LogP contribution is 2.52. The summed E-state index contributed by atoms with van der Waals surface area (Å²) in [5.74, 6) is 0.617. The monoisotopic (exact) mass is 885 g/mol. The molecule has 0 bridgehead atoms. The number of rotatable bonds is 8. The molecule has 1 aromatic carbocycles. The number of anilines is 4. The first-order chi connectivity index (χ1) is 27.5. The van der Waals surface area contributed by atoms with Crippen LogP contribution in [0.2, 0.25) is 36.3 Å². The van der Waals surface area contributed by atoms with Crippen molar-refractivity contribution in [2.75, 3.05) is 35.7 Å². The van der Waals surface area contributed by atoms with Gasteiger partial charge in [-0.15, -0.1) is 0 Å². The summed E-state index contributed by atoms with van der Waals surface area (Å²) in [6.45, 7) is 26.8. The summed E-state index contributed by atoms with van der Waals surface area (Å²) in [6, 6.07) is 9.14. The lowest BCUT2D eigenvalue weighted by molar-refractivity contribution is -0.0567. The number of fused-ring (bicyclic) bond motifs is 2. The molecule has 5 heterocycles. The number of aromatic nitrogens is 3. The van der Waals surface area contributed by atoms with Crippen molar-refractivity contribution in [1.29, 1.82) is 0 Å². The number of carbonyl (C=O) groups is 1. The Morgan fingerprint density at radius 3 is 2.12 bits per heavy atom. The summed E-state index contributed by atoms with van der Waals surface area (Å²) in [5, 5.41) is 0.471. The van der Waals surface area contributed by atoms with Crippen LogP contribution < -0.4 is 32.5 Å². The van der Waals surface area contributed by atoms with Crippen molar-refractivity contribution in [1.82, 2.24) is 14.1 Å². The fraction of sp³-hybridized carbons (Fsp3) is 0.561. The molecule has 3 aliphatic rings. The third-order valence-electron chi connectivity index (χ3n) is 12.6. The van der Waals surface area contributed by atoms with Gasteiger partial charge in [0, 0.05) is 43.8 Å². The molecule has 60 heavy (non-hydrogen) atoms. The minimum absolute atomic E-state index is 0.0322. The van der Waals surface area contributed by atoms with Crippen LogP contribution in [0.15, 0.2) is 63.4 Å². The van der Waals surface area contributed by atoms with Crippen LogP contribution in [0.4, 0.5) is 22.9 Å². The standard InChI is InChI=1S/C26H47N3O8SSi2.C15H16N4O/c1-13-28-21(30)17(2)14-29(23(28)31)22-20(36-40(11,12)25(6,7)8)26(18(27)16-38(32,33)37-26)19(35-22)15-34-39(9,10)24(3,4)5;1-3-19-13-9-10(16)6-7-12(13)18(2)15(20)11-5-4-8-17-14(11)19/h14,16,19-20,22H,13,15,27H2,1-12H3;4-9H,3,16H2,1-2H3/t19-,20+,22-,26?;/m1./s1. The van der Waals surface area contributed by atoms with Crippen LogP contribution in [-0.2, 0) is 34.4 Å². The molecule has 6 rings (SSSR count). The number of amides is 1. The normalized spacial score (nSPS) is 22.9. The van der Waals surface area contributed by atoms with Crippen LogP contribution in [-0.4, -0.2) is 83.1 Å². The zero-order valence-electron chi connectivity index (χ0n) is 37.4. The number of nitrogens with two attached hydrogens (primary N) is 2. The molecule has 1 fully saturated rings. The van der Waals surface area contributed by atoms with Crippen molar-refractivity contribution in [2.24, 2.45) is 5.73 Å². The Kier molecular flexibility index (Phi) is 12.8. The molecule has 4 N–H and O–H groups in total. The van der Waals surface area contributed by atoms with E-state index < -0.39 is 62.0 Å². The number of ether oxygens (including phenoxy) is 1. The molecule has 3 aromatic rings. The maximum absolute atomic E-state index is 13.6. The first-order valence-electron chi connectivity index (χ1n) is 20.2. The second-order valence-electron chi connectivity index (χ2n) is 18.6. The van der Waals surface area contributed by atoms with E-state index in [1.54, 1.807) is 50.2 Å². The summed E-state index contributed by atoms with van der Waals surface area (Å²) < 4.78 is 53.9. The van der Waals surface area contributed by atoms with Crippen LogP contribution in [0, 0.1) is 6.92 Å². The van der Waals surface area contributed by atoms with Crippen molar-refractivity contribution in [3.8, 4) is 0 Å². The fourth-order valence-electron chi connectivity index (χ4n) is 6.98. The quantitative estimate of drug-likeness (QED) is 0.153. The Morgan fingerprint density at radius 2 is 1.57 bits per heavy atom. The molecule has 19 heteroatoms. The molecule has 1 saturated heterocycles. The molecule has 16 nitrogen and oxygen atoms in total. The average molecular weight is 886 g/mol.